The number of hydrogen-bond donors (Lipinski definition) is 0. The third-order valence-corrected chi connectivity index (χ3v) is 5.98. The van der Waals surface area contributed by atoms with Gasteiger partial charge < -0.3 is 14.2 Å². The maximum atomic E-state index is 12.5. The molecule has 5 heteroatoms. The van der Waals surface area contributed by atoms with Gasteiger partial charge in [0, 0.05) is 31.2 Å². The van der Waals surface area contributed by atoms with Gasteiger partial charge in [-0.3, -0.25) is 4.79 Å². The van der Waals surface area contributed by atoms with Gasteiger partial charge in [0.2, 0.25) is 0 Å². The van der Waals surface area contributed by atoms with E-state index in [0.29, 0.717) is 11.5 Å². The van der Waals surface area contributed by atoms with Crippen molar-refractivity contribution in [1.29, 1.82) is 0 Å². The third kappa shape index (κ3) is 4.07. The molecule has 2 aromatic rings. The molecule has 1 saturated heterocycles. The van der Waals surface area contributed by atoms with Gasteiger partial charge in [-0.05, 0) is 61.1 Å². The Hall–Kier alpha value is -2.56. The van der Waals surface area contributed by atoms with E-state index in [9.17, 15) is 9.59 Å². The maximum absolute atomic E-state index is 12.5. The zero-order valence-electron chi connectivity index (χ0n) is 15.5. The predicted molar refractivity (Wildman–Crippen MR) is 103 cm³/mol. The molecule has 0 spiro atoms. The molecule has 4 rings (SSSR count). The van der Waals surface area contributed by atoms with E-state index < -0.39 is 5.97 Å². The van der Waals surface area contributed by atoms with E-state index in [4.69, 9.17) is 4.74 Å². The smallest absolute Gasteiger partial charge is 0.338 e. The van der Waals surface area contributed by atoms with E-state index in [2.05, 4.69) is 0 Å². The number of hydrogen-bond acceptors (Lipinski definition) is 3. The van der Waals surface area contributed by atoms with Crippen molar-refractivity contribution >= 4 is 11.9 Å². The standard InChI is InChI=1S/C22H26N2O3/c25-21(24-14-11-17-5-1-2-6-19(17)15-24)16-27-22(26)18-7-9-20(10-8-18)23-12-3-4-13-23/h3-4,7-10,12-13,17,19H,1-2,5-6,11,14-16H2/t17-,19+/m0/s1. The first kappa shape index (κ1) is 17.8. The highest BCUT2D eigenvalue weighted by atomic mass is 16.5. The van der Waals surface area contributed by atoms with E-state index >= 15 is 0 Å². The number of aromatic nitrogens is 1. The number of ether oxygens (including phenoxy) is 1. The first-order valence-corrected chi connectivity index (χ1v) is 9.89. The molecule has 0 N–H and O–H groups in total. The van der Waals surface area contributed by atoms with Gasteiger partial charge in [-0.25, -0.2) is 4.79 Å². The normalized spacial score (nSPS) is 22.1. The predicted octanol–water partition coefficient (Wildman–Crippen LogP) is 3.67. The van der Waals surface area contributed by atoms with Gasteiger partial charge >= 0.3 is 5.97 Å². The monoisotopic (exact) mass is 366 g/mol. The van der Waals surface area contributed by atoms with Crippen molar-refractivity contribution in [1.82, 2.24) is 9.47 Å². The summed E-state index contributed by atoms with van der Waals surface area (Å²) in [5.74, 6) is 0.892. The first-order valence-electron chi connectivity index (χ1n) is 9.89. The fourth-order valence-corrected chi connectivity index (χ4v) is 4.41. The number of likely N-dealkylation sites (tertiary alicyclic amines) is 1. The van der Waals surface area contributed by atoms with E-state index in [1.54, 1.807) is 12.1 Å². The second kappa shape index (κ2) is 7.99. The molecule has 1 aromatic heterocycles. The largest absolute Gasteiger partial charge is 0.452 e. The van der Waals surface area contributed by atoms with Gasteiger partial charge in [0.05, 0.1) is 5.56 Å². The van der Waals surface area contributed by atoms with Crippen LogP contribution in [0.3, 0.4) is 0 Å². The molecule has 1 aliphatic heterocycles. The van der Waals surface area contributed by atoms with Crippen molar-refractivity contribution in [3.8, 4) is 5.69 Å². The number of nitrogens with zero attached hydrogens (tertiary/aromatic N) is 2. The minimum atomic E-state index is -0.449. The molecule has 2 aliphatic rings. The number of esters is 1. The Labute approximate surface area is 159 Å². The molecule has 5 nitrogen and oxygen atoms in total. The summed E-state index contributed by atoms with van der Waals surface area (Å²) in [7, 11) is 0. The van der Waals surface area contributed by atoms with Crippen LogP contribution in [0.2, 0.25) is 0 Å². The van der Waals surface area contributed by atoms with Gasteiger partial charge in [0.25, 0.3) is 5.91 Å². The van der Waals surface area contributed by atoms with Crippen molar-refractivity contribution in [2.24, 2.45) is 11.8 Å². The summed E-state index contributed by atoms with van der Waals surface area (Å²) in [6.07, 6.45) is 10.1. The number of carbonyl (C=O) groups excluding carboxylic acids is 2. The van der Waals surface area contributed by atoms with Crippen LogP contribution in [0.25, 0.3) is 5.69 Å². The summed E-state index contributed by atoms with van der Waals surface area (Å²) in [6.45, 7) is 1.45. The van der Waals surface area contributed by atoms with Crippen LogP contribution in [0.1, 0.15) is 42.5 Å². The zero-order valence-corrected chi connectivity index (χ0v) is 15.5. The summed E-state index contributed by atoms with van der Waals surface area (Å²) in [5, 5.41) is 0. The molecule has 1 saturated carbocycles. The van der Waals surface area contributed by atoms with E-state index in [1.165, 1.54) is 25.7 Å². The van der Waals surface area contributed by atoms with Crippen LogP contribution in [0.4, 0.5) is 0 Å². The van der Waals surface area contributed by atoms with Crippen LogP contribution < -0.4 is 0 Å². The number of piperidine rings is 1. The van der Waals surface area contributed by atoms with Crippen molar-refractivity contribution in [2.45, 2.75) is 32.1 Å². The highest BCUT2D eigenvalue weighted by Gasteiger charge is 2.33. The van der Waals surface area contributed by atoms with Crippen molar-refractivity contribution in [2.75, 3.05) is 19.7 Å². The molecule has 0 radical (unpaired) electrons. The Bertz CT molecular complexity index is 782. The molecule has 1 amide bonds. The Balaban J connectivity index is 1.29. The van der Waals surface area contributed by atoms with E-state index in [1.807, 2.05) is 46.1 Å². The highest BCUT2D eigenvalue weighted by Crippen LogP contribution is 2.36. The molecule has 1 aromatic carbocycles. The zero-order chi connectivity index (χ0) is 18.6. The van der Waals surface area contributed by atoms with Gasteiger partial charge in [0.1, 0.15) is 0 Å². The molecule has 27 heavy (non-hydrogen) atoms. The fraction of sp³-hybridized carbons (Fsp3) is 0.455. The lowest BCUT2D eigenvalue weighted by atomic mass is 9.75. The average molecular weight is 366 g/mol. The lowest BCUT2D eigenvalue weighted by molar-refractivity contribution is -0.137. The summed E-state index contributed by atoms with van der Waals surface area (Å²) in [4.78, 5) is 26.6. The molecule has 142 valence electrons. The topological polar surface area (TPSA) is 51.5 Å². The minimum Gasteiger partial charge on any atom is -0.452 e. The fourth-order valence-electron chi connectivity index (χ4n) is 4.41. The SMILES string of the molecule is O=C(OCC(=O)N1CC[C@@H]2CCCC[C@@H]2C1)c1ccc(-n2cccc2)cc1. The molecule has 0 unspecified atom stereocenters. The Morgan fingerprint density at radius 1 is 0.963 bits per heavy atom. The molecule has 0 bridgehead atoms. The number of carbonyl (C=O) groups is 2. The van der Waals surface area contributed by atoms with E-state index in [0.717, 1.165) is 31.1 Å². The van der Waals surface area contributed by atoms with Crippen LogP contribution in [-0.2, 0) is 9.53 Å². The quantitative estimate of drug-likeness (QED) is 0.776. The third-order valence-electron chi connectivity index (χ3n) is 5.98. The lowest BCUT2D eigenvalue weighted by Crippen LogP contribution is -2.46. The van der Waals surface area contributed by atoms with Crippen molar-refractivity contribution < 1.29 is 14.3 Å². The molecule has 2 heterocycles. The van der Waals surface area contributed by atoms with Gasteiger partial charge in [0.15, 0.2) is 6.61 Å². The van der Waals surface area contributed by atoms with Crippen molar-refractivity contribution in [3.05, 3.63) is 54.4 Å². The van der Waals surface area contributed by atoms with Gasteiger partial charge in [-0.1, -0.05) is 19.3 Å². The number of benzene rings is 1. The van der Waals surface area contributed by atoms with Gasteiger partial charge in [-0.2, -0.15) is 0 Å². The summed E-state index contributed by atoms with van der Waals surface area (Å²) in [6, 6.07) is 11.1. The van der Waals surface area contributed by atoms with Crippen LogP contribution >= 0.6 is 0 Å². The summed E-state index contributed by atoms with van der Waals surface area (Å²) >= 11 is 0. The Morgan fingerprint density at radius 3 is 2.41 bits per heavy atom. The van der Waals surface area contributed by atoms with Crippen LogP contribution in [-0.4, -0.2) is 41.0 Å². The van der Waals surface area contributed by atoms with E-state index in [-0.39, 0.29) is 12.5 Å². The molecular weight excluding hydrogens is 340 g/mol. The average Bonchev–Trinajstić information content (AvgIpc) is 3.26. The van der Waals surface area contributed by atoms with Crippen LogP contribution in [0.15, 0.2) is 48.8 Å². The Morgan fingerprint density at radius 2 is 1.67 bits per heavy atom. The molecular formula is C22H26N2O3. The maximum Gasteiger partial charge on any atom is 0.338 e. The highest BCUT2D eigenvalue weighted by molar-refractivity contribution is 5.91. The van der Waals surface area contributed by atoms with Crippen molar-refractivity contribution in [3.63, 3.8) is 0 Å². The number of fused-ring (bicyclic) bond motifs is 1. The second-order valence-electron chi connectivity index (χ2n) is 7.65. The van der Waals surface area contributed by atoms with Crippen LogP contribution in [0.5, 0.6) is 0 Å². The Kier molecular flexibility index (Phi) is 5.28. The number of amides is 1. The van der Waals surface area contributed by atoms with Crippen LogP contribution in [0, 0.1) is 11.8 Å². The molecule has 2 fully saturated rings. The molecule has 1 aliphatic carbocycles. The summed E-state index contributed by atoms with van der Waals surface area (Å²) in [5.41, 5.74) is 1.44. The minimum absolute atomic E-state index is 0.0728. The first-order chi connectivity index (χ1) is 13.2. The number of rotatable bonds is 4. The molecule has 2 atom stereocenters. The summed E-state index contributed by atoms with van der Waals surface area (Å²) < 4.78 is 7.24. The lowest BCUT2D eigenvalue weighted by Gasteiger charge is -2.41. The van der Waals surface area contributed by atoms with Gasteiger partial charge in [-0.15, -0.1) is 0 Å². The second-order valence-corrected chi connectivity index (χ2v) is 7.65.